The third kappa shape index (κ3) is 5.79. The summed E-state index contributed by atoms with van der Waals surface area (Å²) in [6.45, 7) is 1.16. The van der Waals surface area contributed by atoms with E-state index in [1.807, 2.05) is 0 Å². The summed E-state index contributed by atoms with van der Waals surface area (Å²) in [6, 6.07) is 9.33. The van der Waals surface area contributed by atoms with Crippen LogP contribution in [-0.4, -0.2) is 30.3 Å². The second-order valence-electron chi connectivity index (χ2n) is 8.62. The average molecular weight is 482 g/mol. The summed E-state index contributed by atoms with van der Waals surface area (Å²) in [6.07, 6.45) is 7.61. The van der Waals surface area contributed by atoms with Crippen molar-refractivity contribution in [3.8, 4) is 0 Å². The molecule has 2 aromatic heterocycles. The Kier molecular flexibility index (Phi) is 7.64. The Morgan fingerprint density at radius 1 is 1.06 bits per heavy atom. The maximum absolute atomic E-state index is 14.5. The van der Waals surface area contributed by atoms with Crippen LogP contribution in [0.2, 0.25) is 0 Å². The van der Waals surface area contributed by atoms with Gasteiger partial charge in [0.1, 0.15) is 11.6 Å². The van der Waals surface area contributed by atoms with E-state index in [0.29, 0.717) is 5.56 Å². The van der Waals surface area contributed by atoms with Crippen LogP contribution in [0.15, 0.2) is 63.8 Å². The highest BCUT2D eigenvalue weighted by Gasteiger charge is 2.36. The van der Waals surface area contributed by atoms with E-state index in [4.69, 9.17) is 8.83 Å². The van der Waals surface area contributed by atoms with Gasteiger partial charge in [0.15, 0.2) is 11.8 Å². The van der Waals surface area contributed by atoms with Crippen molar-refractivity contribution < 1.29 is 27.6 Å². The van der Waals surface area contributed by atoms with Crippen molar-refractivity contribution in [2.45, 2.75) is 51.1 Å². The third-order valence-electron chi connectivity index (χ3n) is 6.12. The zero-order valence-electron chi connectivity index (χ0n) is 19.5. The first-order valence-electron chi connectivity index (χ1n) is 11.7. The molecule has 1 atom stereocenters. The molecule has 1 aliphatic rings. The predicted molar refractivity (Wildman–Crippen MR) is 126 cm³/mol. The molecule has 1 aromatic carbocycles. The van der Waals surface area contributed by atoms with Gasteiger partial charge in [-0.1, -0.05) is 25.3 Å². The second-order valence-corrected chi connectivity index (χ2v) is 8.62. The van der Waals surface area contributed by atoms with Gasteiger partial charge in [0, 0.05) is 11.7 Å². The molecule has 1 fully saturated rings. The van der Waals surface area contributed by atoms with E-state index in [2.05, 4.69) is 10.6 Å². The fourth-order valence-electron chi connectivity index (χ4n) is 4.25. The summed E-state index contributed by atoms with van der Waals surface area (Å²) >= 11 is 0. The predicted octanol–water partition coefficient (Wildman–Crippen LogP) is 4.27. The molecule has 9 heteroatoms. The molecular formula is C26H28FN3O5. The summed E-state index contributed by atoms with van der Waals surface area (Å²) in [5.74, 6) is -1.88. The molecule has 0 saturated heterocycles. The third-order valence-corrected chi connectivity index (χ3v) is 6.12. The van der Waals surface area contributed by atoms with Crippen molar-refractivity contribution in [3.05, 3.63) is 77.9 Å². The highest BCUT2D eigenvalue weighted by atomic mass is 19.1. The molecule has 3 amide bonds. The Morgan fingerprint density at radius 3 is 2.46 bits per heavy atom. The fourth-order valence-corrected chi connectivity index (χ4v) is 4.25. The number of rotatable bonds is 8. The van der Waals surface area contributed by atoms with E-state index >= 15 is 0 Å². The minimum absolute atomic E-state index is 0.0147. The maximum Gasteiger partial charge on any atom is 0.287 e. The van der Waals surface area contributed by atoms with Crippen molar-refractivity contribution in [2.75, 3.05) is 11.4 Å². The first-order valence-corrected chi connectivity index (χ1v) is 11.7. The number of hydrogen-bond acceptors (Lipinski definition) is 5. The number of furan rings is 2. The Bertz CT molecular complexity index is 1150. The van der Waals surface area contributed by atoms with Gasteiger partial charge in [0.25, 0.3) is 11.8 Å². The van der Waals surface area contributed by atoms with Gasteiger partial charge in [-0.25, -0.2) is 4.39 Å². The Labute approximate surface area is 202 Å². The maximum atomic E-state index is 14.5. The number of halogens is 1. The standard InChI is InChI=1S/C26H28FN3O5/c1-17-11-12-19(15-20(17)27)30(23(31)16-28-25(32)22-10-6-14-35-22)24(21-9-5-13-34-21)26(33)29-18-7-3-2-4-8-18/h5-6,9-15,18,24H,2-4,7-8,16H2,1H3,(H,28,32)(H,29,33)/t24-/m0/s1. The summed E-state index contributed by atoms with van der Waals surface area (Å²) in [5, 5.41) is 5.54. The topological polar surface area (TPSA) is 105 Å². The van der Waals surface area contributed by atoms with Crippen molar-refractivity contribution in [2.24, 2.45) is 0 Å². The highest BCUT2D eigenvalue weighted by Crippen LogP contribution is 2.30. The molecule has 0 bridgehead atoms. The number of hydrogen-bond donors (Lipinski definition) is 2. The number of nitrogens with zero attached hydrogens (tertiary/aromatic N) is 1. The molecule has 0 spiro atoms. The summed E-state index contributed by atoms with van der Waals surface area (Å²) in [7, 11) is 0. The number of aryl methyl sites for hydroxylation is 1. The lowest BCUT2D eigenvalue weighted by Crippen LogP contribution is -2.49. The lowest BCUT2D eigenvalue weighted by molar-refractivity contribution is -0.127. The molecule has 4 rings (SSSR count). The van der Waals surface area contributed by atoms with Crippen LogP contribution in [0.25, 0.3) is 0 Å². The van der Waals surface area contributed by atoms with E-state index in [0.717, 1.165) is 32.1 Å². The van der Waals surface area contributed by atoms with E-state index < -0.39 is 36.1 Å². The number of benzene rings is 1. The molecule has 8 nitrogen and oxygen atoms in total. The average Bonchev–Trinajstić information content (AvgIpc) is 3.58. The number of amides is 3. The van der Waals surface area contributed by atoms with E-state index in [-0.39, 0.29) is 23.2 Å². The van der Waals surface area contributed by atoms with Crippen LogP contribution in [-0.2, 0) is 9.59 Å². The molecule has 1 saturated carbocycles. The minimum Gasteiger partial charge on any atom is -0.467 e. The normalized spacial score (nSPS) is 14.8. The fraction of sp³-hybridized carbons (Fsp3) is 0.346. The molecular weight excluding hydrogens is 453 g/mol. The second kappa shape index (κ2) is 11.0. The molecule has 3 aromatic rings. The van der Waals surface area contributed by atoms with Crippen LogP contribution in [0, 0.1) is 12.7 Å². The number of carbonyl (C=O) groups excluding carboxylic acids is 3. The number of anilines is 1. The van der Waals surface area contributed by atoms with Gasteiger partial charge in [-0.2, -0.15) is 0 Å². The van der Waals surface area contributed by atoms with Crippen LogP contribution in [0.4, 0.5) is 10.1 Å². The quantitative estimate of drug-likeness (QED) is 0.500. The number of carbonyl (C=O) groups is 3. The van der Waals surface area contributed by atoms with Crippen LogP contribution in [0.5, 0.6) is 0 Å². The summed E-state index contributed by atoms with van der Waals surface area (Å²) in [4.78, 5) is 40.5. The highest BCUT2D eigenvalue weighted by molar-refractivity contribution is 6.04. The molecule has 0 aliphatic heterocycles. The smallest absolute Gasteiger partial charge is 0.287 e. The molecule has 2 heterocycles. The Morgan fingerprint density at radius 2 is 1.80 bits per heavy atom. The van der Waals surface area contributed by atoms with Gasteiger partial charge in [-0.15, -0.1) is 0 Å². The first kappa shape index (κ1) is 24.3. The largest absolute Gasteiger partial charge is 0.467 e. The van der Waals surface area contributed by atoms with Crippen molar-refractivity contribution in [1.82, 2.24) is 10.6 Å². The van der Waals surface area contributed by atoms with Gasteiger partial charge in [-0.3, -0.25) is 19.3 Å². The van der Waals surface area contributed by atoms with Crippen LogP contribution in [0.1, 0.15) is 60.0 Å². The Hall–Kier alpha value is -3.88. The van der Waals surface area contributed by atoms with Crippen molar-refractivity contribution in [3.63, 3.8) is 0 Å². The van der Waals surface area contributed by atoms with E-state index in [1.54, 1.807) is 31.2 Å². The lowest BCUT2D eigenvalue weighted by Gasteiger charge is -2.32. The monoisotopic (exact) mass is 481 g/mol. The van der Waals surface area contributed by atoms with E-state index in [9.17, 15) is 18.8 Å². The van der Waals surface area contributed by atoms with E-state index in [1.165, 1.54) is 35.6 Å². The molecule has 35 heavy (non-hydrogen) atoms. The zero-order chi connectivity index (χ0) is 24.8. The zero-order valence-corrected chi connectivity index (χ0v) is 19.5. The van der Waals surface area contributed by atoms with Gasteiger partial charge in [-0.05, 0) is 61.7 Å². The minimum atomic E-state index is -1.19. The summed E-state index contributed by atoms with van der Waals surface area (Å²) < 4.78 is 25.1. The number of nitrogens with one attached hydrogen (secondary N) is 2. The van der Waals surface area contributed by atoms with Crippen molar-refractivity contribution >= 4 is 23.4 Å². The van der Waals surface area contributed by atoms with Crippen LogP contribution >= 0.6 is 0 Å². The lowest BCUT2D eigenvalue weighted by atomic mass is 9.95. The summed E-state index contributed by atoms with van der Waals surface area (Å²) in [5.41, 5.74) is 0.569. The van der Waals surface area contributed by atoms with Crippen LogP contribution in [0.3, 0.4) is 0 Å². The molecule has 0 unspecified atom stereocenters. The SMILES string of the molecule is Cc1ccc(N(C(=O)CNC(=O)c2ccco2)[C@H](C(=O)NC2CCCCC2)c2ccco2)cc1F. The van der Waals surface area contributed by atoms with Gasteiger partial charge in [0.05, 0.1) is 19.1 Å². The molecule has 0 radical (unpaired) electrons. The van der Waals surface area contributed by atoms with Crippen LogP contribution < -0.4 is 15.5 Å². The Balaban J connectivity index is 1.65. The molecule has 1 aliphatic carbocycles. The van der Waals surface area contributed by atoms with Gasteiger partial charge >= 0.3 is 0 Å². The van der Waals surface area contributed by atoms with Gasteiger partial charge in [0.2, 0.25) is 5.91 Å². The first-order chi connectivity index (χ1) is 16.9. The van der Waals surface area contributed by atoms with Gasteiger partial charge < -0.3 is 19.5 Å². The van der Waals surface area contributed by atoms with Crippen molar-refractivity contribution in [1.29, 1.82) is 0 Å². The molecule has 184 valence electrons. The molecule has 2 N–H and O–H groups in total.